The van der Waals surface area contributed by atoms with E-state index in [1.807, 2.05) is 67.6 Å². The van der Waals surface area contributed by atoms with Crippen LogP contribution < -0.4 is 10.9 Å². The molecule has 0 spiro atoms. The number of fused-ring (bicyclic) bond motifs is 3. The predicted octanol–water partition coefficient (Wildman–Crippen LogP) is 2.27. The van der Waals surface area contributed by atoms with Gasteiger partial charge in [0.2, 0.25) is 5.78 Å². The molecule has 0 aliphatic rings. The molecule has 0 fully saturated rings. The highest BCUT2D eigenvalue weighted by atomic mass is 16.1. The molecule has 5 aromatic rings. The van der Waals surface area contributed by atoms with Crippen molar-refractivity contribution in [1.29, 1.82) is 0 Å². The van der Waals surface area contributed by atoms with Crippen molar-refractivity contribution in [1.82, 2.24) is 39.4 Å². The largest absolute Gasteiger partial charge is 0.378 e. The zero-order valence-electron chi connectivity index (χ0n) is 17.4. The van der Waals surface area contributed by atoms with Gasteiger partial charge in [0.25, 0.3) is 5.56 Å². The molecule has 31 heavy (non-hydrogen) atoms. The Morgan fingerprint density at radius 3 is 2.65 bits per heavy atom. The Kier molecular flexibility index (Phi) is 4.46. The van der Waals surface area contributed by atoms with Gasteiger partial charge in [-0.25, -0.2) is 0 Å². The first-order chi connectivity index (χ1) is 15.1. The zero-order valence-corrected chi connectivity index (χ0v) is 17.4. The Morgan fingerprint density at radius 1 is 1.03 bits per heavy atom. The van der Waals surface area contributed by atoms with Crippen LogP contribution >= 0.6 is 0 Å². The molecular weight excluding hydrogens is 394 g/mol. The summed E-state index contributed by atoms with van der Waals surface area (Å²) in [4.78, 5) is 12.8. The van der Waals surface area contributed by atoms with Crippen molar-refractivity contribution < 1.29 is 0 Å². The topological polar surface area (TPSA) is 108 Å². The molecule has 1 N–H and O–H groups in total. The highest BCUT2D eigenvalue weighted by Gasteiger charge is 2.15. The van der Waals surface area contributed by atoms with Crippen molar-refractivity contribution in [3.8, 4) is 5.69 Å². The summed E-state index contributed by atoms with van der Waals surface area (Å²) in [7, 11) is 0. The molecular formula is C21H21N9O. The second kappa shape index (κ2) is 7.31. The van der Waals surface area contributed by atoms with Gasteiger partial charge in [0.05, 0.1) is 23.1 Å². The van der Waals surface area contributed by atoms with Gasteiger partial charge >= 0.3 is 0 Å². The van der Waals surface area contributed by atoms with Gasteiger partial charge < -0.3 is 5.32 Å². The summed E-state index contributed by atoms with van der Waals surface area (Å²) in [5.41, 5.74) is 3.61. The number of aryl methyl sites for hydroxylation is 3. The van der Waals surface area contributed by atoms with Gasteiger partial charge in [-0.1, -0.05) is 18.2 Å². The maximum atomic E-state index is 12.8. The summed E-state index contributed by atoms with van der Waals surface area (Å²) in [6.45, 7) is 6.76. The molecule has 0 bridgehead atoms. The van der Waals surface area contributed by atoms with Crippen LogP contribution in [0, 0.1) is 13.8 Å². The quantitative estimate of drug-likeness (QED) is 0.469. The second-order valence-electron chi connectivity index (χ2n) is 7.31. The van der Waals surface area contributed by atoms with Crippen molar-refractivity contribution in [2.24, 2.45) is 0 Å². The minimum Gasteiger partial charge on any atom is -0.378 e. The van der Waals surface area contributed by atoms with Crippen LogP contribution in [-0.2, 0) is 13.1 Å². The van der Waals surface area contributed by atoms with Crippen LogP contribution in [0.2, 0.25) is 0 Å². The van der Waals surface area contributed by atoms with Crippen LogP contribution in [0.15, 0.2) is 47.3 Å². The van der Waals surface area contributed by atoms with Crippen molar-refractivity contribution in [3.05, 3.63) is 70.0 Å². The lowest BCUT2D eigenvalue weighted by Crippen LogP contribution is -2.22. The Hall–Kier alpha value is -4.08. The molecule has 0 unspecified atom stereocenters. The van der Waals surface area contributed by atoms with Gasteiger partial charge in [0.1, 0.15) is 0 Å². The number of anilines is 1. The van der Waals surface area contributed by atoms with Gasteiger partial charge in [-0.2, -0.15) is 4.68 Å². The predicted molar refractivity (Wildman–Crippen MR) is 116 cm³/mol. The molecule has 0 aliphatic carbocycles. The minimum absolute atomic E-state index is 0.0579. The molecule has 156 valence electrons. The fourth-order valence-electron chi connectivity index (χ4n) is 3.80. The van der Waals surface area contributed by atoms with E-state index in [4.69, 9.17) is 0 Å². The van der Waals surface area contributed by atoms with Crippen molar-refractivity contribution >= 4 is 22.4 Å². The summed E-state index contributed by atoms with van der Waals surface area (Å²) in [5, 5.41) is 24.5. The standard InChI is InChI=1S/C21H21N9O/c1-4-28-20(31)16-7-5-6-8-17(16)29-19(24-25-21(28)29)12-22-15-10-9-13(2)18(11-15)30-14(3)23-26-27-30/h5-11,22H,4,12H2,1-3H3. The molecule has 10 heteroatoms. The number of para-hydroxylation sites is 1. The number of nitrogens with one attached hydrogen (secondary N) is 1. The fourth-order valence-corrected chi connectivity index (χ4v) is 3.80. The van der Waals surface area contributed by atoms with Gasteiger partial charge in [0, 0.05) is 12.2 Å². The van der Waals surface area contributed by atoms with Crippen LogP contribution in [0.25, 0.3) is 22.4 Å². The van der Waals surface area contributed by atoms with Gasteiger partial charge in [-0.05, 0) is 61.0 Å². The van der Waals surface area contributed by atoms with Gasteiger partial charge in [-0.15, -0.1) is 15.3 Å². The van der Waals surface area contributed by atoms with Crippen LogP contribution in [0.1, 0.15) is 24.1 Å². The maximum absolute atomic E-state index is 12.8. The minimum atomic E-state index is -0.0579. The molecule has 2 aromatic carbocycles. The van der Waals surface area contributed by atoms with E-state index in [9.17, 15) is 4.79 Å². The Balaban J connectivity index is 1.55. The summed E-state index contributed by atoms with van der Waals surface area (Å²) in [6, 6.07) is 13.6. The SMILES string of the molecule is CCn1c(=O)c2ccccc2n2c(CNc3ccc(C)c(-n4nnnc4C)c3)nnc12. The van der Waals surface area contributed by atoms with E-state index >= 15 is 0 Å². The molecule has 5 rings (SSSR count). The van der Waals surface area contributed by atoms with Crippen LogP contribution in [0.3, 0.4) is 0 Å². The van der Waals surface area contributed by atoms with E-state index in [2.05, 4.69) is 31.0 Å². The highest BCUT2D eigenvalue weighted by molar-refractivity contribution is 5.80. The van der Waals surface area contributed by atoms with E-state index in [1.54, 1.807) is 9.25 Å². The molecule has 0 saturated heterocycles. The van der Waals surface area contributed by atoms with Gasteiger partial charge in [0.15, 0.2) is 11.6 Å². The molecule has 0 atom stereocenters. The molecule has 10 nitrogen and oxygen atoms in total. The number of tetrazole rings is 1. The Bertz CT molecular complexity index is 1480. The van der Waals surface area contributed by atoms with Gasteiger partial charge in [-0.3, -0.25) is 13.8 Å². The van der Waals surface area contributed by atoms with Crippen LogP contribution in [0.5, 0.6) is 0 Å². The van der Waals surface area contributed by atoms with Crippen molar-refractivity contribution in [2.45, 2.75) is 33.9 Å². The first-order valence-corrected chi connectivity index (χ1v) is 10.0. The van der Waals surface area contributed by atoms with E-state index in [1.165, 1.54) is 0 Å². The smallest absolute Gasteiger partial charge is 0.262 e. The maximum Gasteiger partial charge on any atom is 0.262 e. The van der Waals surface area contributed by atoms with E-state index in [0.29, 0.717) is 35.9 Å². The summed E-state index contributed by atoms with van der Waals surface area (Å²) >= 11 is 0. The fraction of sp³-hybridized carbons (Fsp3) is 0.238. The van der Waals surface area contributed by atoms with Crippen LogP contribution in [0.4, 0.5) is 5.69 Å². The number of hydrogen-bond acceptors (Lipinski definition) is 7. The Morgan fingerprint density at radius 2 is 1.87 bits per heavy atom. The average molecular weight is 415 g/mol. The first kappa shape index (κ1) is 18.9. The molecule has 0 radical (unpaired) electrons. The lowest BCUT2D eigenvalue weighted by atomic mass is 10.2. The molecule has 0 aliphatic heterocycles. The Labute approximate surface area is 177 Å². The van der Waals surface area contributed by atoms with Crippen molar-refractivity contribution in [3.63, 3.8) is 0 Å². The third-order valence-corrected chi connectivity index (χ3v) is 5.40. The summed E-state index contributed by atoms with van der Waals surface area (Å²) in [6.07, 6.45) is 0. The monoisotopic (exact) mass is 415 g/mol. The normalized spacial score (nSPS) is 11.5. The van der Waals surface area contributed by atoms with Crippen LogP contribution in [-0.4, -0.2) is 39.4 Å². The second-order valence-corrected chi connectivity index (χ2v) is 7.31. The van der Waals surface area contributed by atoms with Crippen molar-refractivity contribution in [2.75, 3.05) is 5.32 Å². The highest BCUT2D eigenvalue weighted by Crippen LogP contribution is 2.21. The molecule has 3 heterocycles. The number of nitrogens with zero attached hydrogens (tertiary/aromatic N) is 8. The summed E-state index contributed by atoms with van der Waals surface area (Å²) in [5.74, 6) is 1.97. The lowest BCUT2D eigenvalue weighted by Gasteiger charge is -2.12. The molecule has 0 amide bonds. The first-order valence-electron chi connectivity index (χ1n) is 10.0. The number of hydrogen-bond donors (Lipinski definition) is 1. The third kappa shape index (κ3) is 3.03. The molecule has 3 aromatic heterocycles. The number of aromatic nitrogens is 8. The summed E-state index contributed by atoms with van der Waals surface area (Å²) < 4.78 is 5.29. The third-order valence-electron chi connectivity index (χ3n) is 5.40. The van der Waals surface area contributed by atoms with E-state index in [0.717, 1.165) is 22.5 Å². The van der Waals surface area contributed by atoms with E-state index in [-0.39, 0.29) is 5.56 Å². The number of benzene rings is 2. The zero-order chi connectivity index (χ0) is 21.5. The van der Waals surface area contributed by atoms with E-state index < -0.39 is 0 Å². The number of rotatable bonds is 5. The molecule has 0 saturated carbocycles. The lowest BCUT2D eigenvalue weighted by molar-refractivity contribution is 0.734. The average Bonchev–Trinajstić information content (AvgIpc) is 3.40.